The predicted octanol–water partition coefficient (Wildman–Crippen LogP) is 4.64. The van der Waals surface area contributed by atoms with Gasteiger partial charge in [0.25, 0.3) is 0 Å². The van der Waals surface area contributed by atoms with Gasteiger partial charge in [0.1, 0.15) is 11.5 Å². The van der Waals surface area contributed by atoms with Gasteiger partial charge in [-0.15, -0.1) is 0 Å². The number of nitrogens with zero attached hydrogens (tertiary/aromatic N) is 3. The van der Waals surface area contributed by atoms with E-state index in [4.69, 9.17) is 9.13 Å². The zero-order valence-corrected chi connectivity index (χ0v) is 15.5. The maximum Gasteiger partial charge on any atom is 0.212 e. The van der Waals surface area contributed by atoms with E-state index in [0.29, 0.717) is 0 Å². The second kappa shape index (κ2) is 6.64. The Morgan fingerprint density at radius 1 is 0.960 bits per heavy atom. The Bertz CT molecular complexity index is 758. The number of rotatable bonds is 3. The van der Waals surface area contributed by atoms with Crippen molar-refractivity contribution in [2.75, 3.05) is 30.3 Å². The van der Waals surface area contributed by atoms with Crippen LogP contribution in [0.25, 0.3) is 0 Å². The molecule has 0 aliphatic carbocycles. The van der Waals surface area contributed by atoms with E-state index in [1.807, 2.05) is 42.5 Å². The van der Waals surface area contributed by atoms with E-state index in [2.05, 4.69) is 35.8 Å². The fourth-order valence-electron chi connectivity index (χ4n) is 3.37. The number of hydrogen-bond donors (Lipinski definition) is 0. The van der Waals surface area contributed by atoms with E-state index in [9.17, 15) is 0 Å². The van der Waals surface area contributed by atoms with Crippen molar-refractivity contribution in [1.29, 1.82) is 0 Å². The predicted molar refractivity (Wildman–Crippen MR) is 106 cm³/mol. The summed E-state index contributed by atoms with van der Waals surface area (Å²) in [6.45, 7) is 7.76. The smallest absolute Gasteiger partial charge is 0.212 e. The molecule has 0 spiro atoms. The summed E-state index contributed by atoms with van der Waals surface area (Å²) in [5.74, 6) is 3.86. The summed E-state index contributed by atoms with van der Waals surface area (Å²) in [6, 6.07) is 18.2. The lowest BCUT2D eigenvalue weighted by atomic mass is 9.89. The fraction of sp³-hybridized carbons (Fsp3) is 0.350. The molecule has 0 N–H and O–H groups in total. The number of benzene rings is 2. The molecule has 2 aromatic rings. The Labute approximate surface area is 153 Å². The molecule has 0 bridgehead atoms. The number of fused-ring (bicyclic) bond motifs is 1. The normalized spacial score (nSPS) is 19.2. The molecule has 0 aromatic heterocycles. The Hall–Kier alpha value is -2.14. The largest absolute Gasteiger partial charge is 0.457 e. The zero-order chi connectivity index (χ0) is 17.3. The maximum atomic E-state index is 5.90. The van der Waals surface area contributed by atoms with Crippen LogP contribution >= 0.6 is 11.9 Å². The molecule has 25 heavy (non-hydrogen) atoms. The van der Waals surface area contributed by atoms with Gasteiger partial charge in [0.15, 0.2) is 0 Å². The van der Waals surface area contributed by atoms with Crippen molar-refractivity contribution in [3.63, 3.8) is 0 Å². The second-order valence-corrected chi connectivity index (χ2v) is 8.15. The van der Waals surface area contributed by atoms with Gasteiger partial charge in [-0.3, -0.25) is 0 Å². The molecule has 4 nitrogen and oxygen atoms in total. The molecule has 0 unspecified atom stereocenters. The first-order valence-electron chi connectivity index (χ1n) is 8.66. The highest BCUT2D eigenvalue weighted by Crippen LogP contribution is 2.33. The lowest BCUT2D eigenvalue weighted by molar-refractivity contribution is 0.237. The summed E-state index contributed by atoms with van der Waals surface area (Å²) in [4.78, 5) is 4.75. The van der Waals surface area contributed by atoms with Gasteiger partial charge in [-0.1, -0.05) is 32.0 Å². The molecule has 2 heterocycles. The first kappa shape index (κ1) is 16.3. The van der Waals surface area contributed by atoms with Crippen LogP contribution in [0.4, 0.5) is 5.69 Å². The van der Waals surface area contributed by atoms with Gasteiger partial charge < -0.3 is 14.5 Å². The highest BCUT2D eigenvalue weighted by atomic mass is 32.2. The van der Waals surface area contributed by atoms with Crippen LogP contribution in [0.5, 0.6) is 11.5 Å². The van der Waals surface area contributed by atoms with Crippen molar-refractivity contribution in [1.82, 2.24) is 4.90 Å². The standard InChI is InChI=1S/C20H23N3OS/c1-20(2)14-22-12-13-25-21-19(22)23(15-20)16-8-10-18(11-9-16)24-17-6-4-3-5-7-17/h3-11H,12-15H2,1-2H3. The molecule has 4 rings (SSSR count). The van der Waals surface area contributed by atoms with Gasteiger partial charge in [0.05, 0.1) is 0 Å². The lowest BCUT2D eigenvalue weighted by Crippen LogP contribution is -2.59. The molecule has 0 atom stereocenters. The van der Waals surface area contributed by atoms with Crippen LogP contribution in [0.3, 0.4) is 0 Å². The summed E-state index contributed by atoms with van der Waals surface area (Å²) in [5.41, 5.74) is 1.40. The Balaban J connectivity index is 1.57. The number of ether oxygens (including phenoxy) is 1. The van der Waals surface area contributed by atoms with Crippen LogP contribution in [0, 0.1) is 5.41 Å². The molecule has 5 heteroatoms. The van der Waals surface area contributed by atoms with E-state index in [0.717, 1.165) is 42.8 Å². The zero-order valence-electron chi connectivity index (χ0n) is 14.7. The average Bonchev–Trinajstić information content (AvgIpc) is 2.62. The molecule has 2 aromatic carbocycles. The van der Waals surface area contributed by atoms with Crippen LogP contribution in [-0.4, -0.2) is 36.2 Å². The summed E-state index contributed by atoms with van der Waals surface area (Å²) in [5, 5.41) is 0. The molecular weight excluding hydrogens is 330 g/mol. The van der Waals surface area contributed by atoms with Crippen LogP contribution in [-0.2, 0) is 0 Å². The second-order valence-electron chi connectivity index (χ2n) is 7.31. The summed E-state index contributed by atoms with van der Waals surface area (Å²) in [7, 11) is 0. The Kier molecular flexibility index (Phi) is 4.34. The fourth-order valence-corrected chi connectivity index (χ4v) is 4.10. The molecule has 130 valence electrons. The van der Waals surface area contributed by atoms with Crippen molar-refractivity contribution in [3.05, 3.63) is 54.6 Å². The van der Waals surface area contributed by atoms with E-state index in [1.54, 1.807) is 11.9 Å². The van der Waals surface area contributed by atoms with Crippen molar-refractivity contribution in [3.8, 4) is 11.5 Å². The molecule has 0 amide bonds. The van der Waals surface area contributed by atoms with Gasteiger partial charge in [-0.25, -0.2) is 0 Å². The van der Waals surface area contributed by atoms with Crippen LogP contribution in [0.15, 0.2) is 59.0 Å². The number of guanidine groups is 1. The minimum Gasteiger partial charge on any atom is -0.457 e. The third-order valence-corrected chi connectivity index (χ3v) is 5.11. The molecule has 1 saturated heterocycles. The summed E-state index contributed by atoms with van der Waals surface area (Å²) >= 11 is 1.66. The molecule has 2 aliphatic rings. The van der Waals surface area contributed by atoms with E-state index in [1.165, 1.54) is 5.69 Å². The summed E-state index contributed by atoms with van der Waals surface area (Å²) in [6.07, 6.45) is 0. The van der Waals surface area contributed by atoms with Gasteiger partial charge >= 0.3 is 0 Å². The lowest BCUT2D eigenvalue weighted by Gasteiger charge is -2.47. The van der Waals surface area contributed by atoms with Crippen molar-refractivity contribution >= 4 is 23.6 Å². The van der Waals surface area contributed by atoms with Crippen LogP contribution in [0.1, 0.15) is 13.8 Å². The molecule has 1 fully saturated rings. The van der Waals surface area contributed by atoms with E-state index >= 15 is 0 Å². The minimum absolute atomic E-state index is 0.236. The quantitative estimate of drug-likeness (QED) is 0.751. The van der Waals surface area contributed by atoms with Gasteiger partial charge in [-0.05, 0) is 48.3 Å². The first-order valence-corrected chi connectivity index (χ1v) is 9.60. The third-order valence-electron chi connectivity index (χ3n) is 4.46. The molecule has 0 radical (unpaired) electrons. The summed E-state index contributed by atoms with van der Waals surface area (Å²) < 4.78 is 10.6. The number of hydrogen-bond acceptors (Lipinski definition) is 5. The van der Waals surface area contributed by atoms with Crippen LogP contribution in [0.2, 0.25) is 0 Å². The maximum absolute atomic E-state index is 5.90. The molecule has 2 aliphatic heterocycles. The van der Waals surface area contributed by atoms with Gasteiger partial charge in [0, 0.05) is 36.5 Å². The number of para-hydroxylation sites is 1. The SMILES string of the molecule is CC1(C)CN2CCSN=C2N(c2ccc(Oc3ccccc3)cc2)C1. The van der Waals surface area contributed by atoms with Gasteiger partial charge in [0.2, 0.25) is 5.96 Å². The Morgan fingerprint density at radius 3 is 2.44 bits per heavy atom. The molecular formula is C20H23N3OS. The van der Waals surface area contributed by atoms with E-state index in [-0.39, 0.29) is 5.41 Å². The molecule has 0 saturated carbocycles. The average molecular weight is 353 g/mol. The van der Waals surface area contributed by atoms with Crippen molar-refractivity contribution in [2.45, 2.75) is 13.8 Å². The monoisotopic (exact) mass is 353 g/mol. The van der Waals surface area contributed by atoms with Crippen LogP contribution < -0.4 is 9.64 Å². The third kappa shape index (κ3) is 3.61. The first-order chi connectivity index (χ1) is 12.1. The van der Waals surface area contributed by atoms with Gasteiger partial charge in [-0.2, -0.15) is 4.40 Å². The topological polar surface area (TPSA) is 28.1 Å². The van der Waals surface area contributed by atoms with Crippen molar-refractivity contribution in [2.24, 2.45) is 9.81 Å². The Morgan fingerprint density at radius 2 is 1.68 bits per heavy atom. The number of anilines is 1. The van der Waals surface area contributed by atoms with Crippen molar-refractivity contribution < 1.29 is 4.74 Å². The highest BCUT2D eigenvalue weighted by molar-refractivity contribution is 7.98. The minimum atomic E-state index is 0.236. The highest BCUT2D eigenvalue weighted by Gasteiger charge is 2.36. The van der Waals surface area contributed by atoms with E-state index < -0.39 is 0 Å².